The summed E-state index contributed by atoms with van der Waals surface area (Å²) in [5.74, 6) is -0.506. The van der Waals surface area contributed by atoms with Crippen LogP contribution in [0, 0.1) is 0 Å². The summed E-state index contributed by atoms with van der Waals surface area (Å²) in [5.41, 5.74) is 1.04. The van der Waals surface area contributed by atoms with Crippen molar-refractivity contribution >= 4 is 23.9 Å². The van der Waals surface area contributed by atoms with Crippen LogP contribution in [0.25, 0.3) is 0 Å². The van der Waals surface area contributed by atoms with Gasteiger partial charge in [0.05, 0.1) is 0 Å². The summed E-state index contributed by atoms with van der Waals surface area (Å²) in [6.07, 6.45) is 0.540. The second kappa shape index (κ2) is 6.70. The molecule has 1 aromatic carbocycles. The third kappa shape index (κ3) is 4.05. The van der Waals surface area contributed by atoms with Gasteiger partial charge in [-0.1, -0.05) is 30.3 Å². The molecule has 2 fully saturated rings. The van der Waals surface area contributed by atoms with Crippen molar-refractivity contribution in [3.63, 3.8) is 0 Å². The van der Waals surface area contributed by atoms with Crippen molar-refractivity contribution in [2.24, 2.45) is 0 Å². The Morgan fingerprint density at radius 2 is 1.45 bits per heavy atom. The molecule has 116 valence electrons. The minimum absolute atomic E-state index is 0.251. The highest BCUT2D eigenvalue weighted by Gasteiger charge is 2.29. The normalized spacial score (nSPS) is 23.0. The summed E-state index contributed by atoms with van der Waals surface area (Å²) in [6, 6.07) is 7.99. The van der Waals surface area contributed by atoms with E-state index in [9.17, 15) is 19.2 Å². The van der Waals surface area contributed by atoms with Crippen molar-refractivity contribution < 1.29 is 19.2 Å². The second-order valence-corrected chi connectivity index (χ2v) is 4.89. The first-order valence-corrected chi connectivity index (χ1v) is 6.72. The average molecular weight is 304 g/mol. The van der Waals surface area contributed by atoms with Gasteiger partial charge in [-0.15, -0.1) is 0 Å². The lowest BCUT2D eigenvalue weighted by atomic mass is 10.1. The number of benzene rings is 1. The molecule has 8 nitrogen and oxygen atoms in total. The summed E-state index contributed by atoms with van der Waals surface area (Å²) in [5, 5.41) is 9.20. The Hall–Kier alpha value is -2.90. The minimum Gasteiger partial charge on any atom is -0.326 e. The lowest BCUT2D eigenvalue weighted by Gasteiger charge is -2.06. The van der Waals surface area contributed by atoms with E-state index < -0.39 is 18.1 Å². The molecule has 2 saturated heterocycles. The zero-order chi connectivity index (χ0) is 16.1. The zero-order valence-corrected chi connectivity index (χ0v) is 11.9. The Morgan fingerprint density at radius 1 is 0.864 bits per heavy atom. The van der Waals surface area contributed by atoms with Gasteiger partial charge in [-0.25, -0.2) is 9.59 Å². The van der Waals surface area contributed by atoms with Crippen LogP contribution in [0.1, 0.15) is 12.5 Å². The minimum atomic E-state index is -0.426. The van der Waals surface area contributed by atoms with E-state index >= 15 is 0 Å². The number of carbonyl (C=O) groups excluding carboxylic acids is 4. The van der Waals surface area contributed by atoms with E-state index in [-0.39, 0.29) is 17.9 Å². The molecule has 3 rings (SSSR count). The zero-order valence-electron chi connectivity index (χ0n) is 11.9. The van der Waals surface area contributed by atoms with Crippen LogP contribution in [0.4, 0.5) is 9.59 Å². The first kappa shape index (κ1) is 15.5. The highest BCUT2D eigenvalue weighted by Crippen LogP contribution is 2.05. The van der Waals surface area contributed by atoms with E-state index in [4.69, 9.17) is 0 Å². The predicted octanol–water partition coefficient (Wildman–Crippen LogP) is -0.349. The molecule has 1 aromatic rings. The average Bonchev–Trinajstić information content (AvgIpc) is 2.93. The molecule has 0 aliphatic carbocycles. The van der Waals surface area contributed by atoms with Crippen LogP contribution in [-0.2, 0) is 16.0 Å². The molecule has 0 bridgehead atoms. The van der Waals surface area contributed by atoms with Gasteiger partial charge in [0, 0.05) is 6.42 Å². The molecule has 2 atom stereocenters. The largest absolute Gasteiger partial charge is 0.326 e. The quantitative estimate of drug-likeness (QED) is 0.559. The van der Waals surface area contributed by atoms with E-state index in [0.29, 0.717) is 6.42 Å². The van der Waals surface area contributed by atoms with Gasteiger partial charge in [0.25, 0.3) is 5.91 Å². The topological polar surface area (TPSA) is 116 Å². The summed E-state index contributed by atoms with van der Waals surface area (Å²) < 4.78 is 0. The number of amides is 6. The highest BCUT2D eigenvalue weighted by molar-refractivity contribution is 6.04. The van der Waals surface area contributed by atoms with Gasteiger partial charge in [0.1, 0.15) is 12.1 Å². The van der Waals surface area contributed by atoms with E-state index in [1.807, 2.05) is 30.3 Å². The molecule has 2 aliphatic heterocycles. The van der Waals surface area contributed by atoms with E-state index in [0.717, 1.165) is 5.56 Å². The Balaban J connectivity index is 0.000000188. The van der Waals surface area contributed by atoms with E-state index in [1.165, 1.54) is 0 Å². The molecule has 2 aliphatic rings. The molecule has 22 heavy (non-hydrogen) atoms. The molecular weight excluding hydrogens is 288 g/mol. The fraction of sp³-hybridized carbons (Fsp3) is 0.286. The van der Waals surface area contributed by atoms with Crippen LogP contribution in [0.15, 0.2) is 30.3 Å². The van der Waals surface area contributed by atoms with E-state index in [2.05, 4.69) is 21.3 Å². The molecular formula is C14H16N4O4. The first-order valence-electron chi connectivity index (χ1n) is 6.72. The van der Waals surface area contributed by atoms with Crippen molar-refractivity contribution in [2.45, 2.75) is 25.4 Å². The second-order valence-electron chi connectivity index (χ2n) is 4.89. The van der Waals surface area contributed by atoms with Gasteiger partial charge in [0.15, 0.2) is 0 Å². The molecule has 4 N–H and O–H groups in total. The van der Waals surface area contributed by atoms with Crippen molar-refractivity contribution in [1.29, 1.82) is 0 Å². The predicted molar refractivity (Wildman–Crippen MR) is 76.7 cm³/mol. The summed E-state index contributed by atoms with van der Waals surface area (Å²) >= 11 is 0. The summed E-state index contributed by atoms with van der Waals surface area (Å²) in [7, 11) is 0. The number of imide groups is 2. The Labute approximate surface area is 126 Å². The van der Waals surface area contributed by atoms with E-state index in [1.54, 1.807) is 6.92 Å². The molecule has 0 saturated carbocycles. The van der Waals surface area contributed by atoms with Crippen molar-refractivity contribution in [3.05, 3.63) is 35.9 Å². The lowest BCUT2D eigenvalue weighted by Crippen LogP contribution is -2.30. The fourth-order valence-electron chi connectivity index (χ4n) is 1.97. The Morgan fingerprint density at radius 3 is 1.86 bits per heavy atom. The molecule has 2 heterocycles. The monoisotopic (exact) mass is 304 g/mol. The summed E-state index contributed by atoms with van der Waals surface area (Å²) in [6.45, 7) is 1.63. The van der Waals surface area contributed by atoms with Gasteiger partial charge in [0.2, 0.25) is 5.91 Å². The SMILES string of the molecule is CC1NC(=O)NC1=O.O=C1NC(=O)C(Cc2ccccc2)N1. The Bertz CT molecular complexity index is 602. The molecule has 0 spiro atoms. The van der Waals surface area contributed by atoms with Crippen LogP contribution in [0.3, 0.4) is 0 Å². The lowest BCUT2D eigenvalue weighted by molar-refractivity contribution is -0.120. The third-order valence-electron chi connectivity index (χ3n) is 3.12. The van der Waals surface area contributed by atoms with Crippen LogP contribution in [-0.4, -0.2) is 36.0 Å². The van der Waals surface area contributed by atoms with Gasteiger partial charge >= 0.3 is 12.1 Å². The number of urea groups is 2. The van der Waals surface area contributed by atoms with Gasteiger partial charge in [-0.2, -0.15) is 0 Å². The van der Waals surface area contributed by atoms with Gasteiger partial charge in [-0.3, -0.25) is 20.2 Å². The highest BCUT2D eigenvalue weighted by atomic mass is 16.2. The van der Waals surface area contributed by atoms with Gasteiger partial charge < -0.3 is 10.6 Å². The van der Waals surface area contributed by atoms with Crippen LogP contribution in [0.5, 0.6) is 0 Å². The molecule has 0 radical (unpaired) electrons. The van der Waals surface area contributed by atoms with Crippen molar-refractivity contribution in [1.82, 2.24) is 21.3 Å². The number of rotatable bonds is 2. The molecule has 8 heteroatoms. The third-order valence-corrected chi connectivity index (χ3v) is 3.12. The maximum atomic E-state index is 11.2. The van der Waals surface area contributed by atoms with Crippen molar-refractivity contribution in [3.8, 4) is 0 Å². The summed E-state index contributed by atoms with van der Waals surface area (Å²) in [4.78, 5) is 42.6. The van der Waals surface area contributed by atoms with Gasteiger partial charge in [-0.05, 0) is 12.5 Å². The molecule has 6 amide bonds. The molecule has 2 unspecified atom stereocenters. The maximum Gasteiger partial charge on any atom is 0.322 e. The van der Waals surface area contributed by atoms with Crippen molar-refractivity contribution in [2.75, 3.05) is 0 Å². The maximum absolute atomic E-state index is 11.2. The van der Waals surface area contributed by atoms with Crippen LogP contribution < -0.4 is 21.3 Å². The first-order chi connectivity index (χ1) is 10.5. The number of hydrogen-bond donors (Lipinski definition) is 4. The standard InChI is InChI=1S/C10H10N2O2.C4H6N2O2/c13-9-8(11-10(14)12-9)6-7-4-2-1-3-5-7;1-2-3(7)6-4(8)5-2/h1-5,8H,6H2,(H2,11,12,13,14);2H,1H3,(H2,5,6,7,8). The van der Waals surface area contributed by atoms with Crippen LogP contribution in [0.2, 0.25) is 0 Å². The number of carbonyl (C=O) groups is 4. The number of hydrogen-bond acceptors (Lipinski definition) is 4. The Kier molecular flexibility index (Phi) is 4.72. The molecule has 0 aromatic heterocycles. The van der Waals surface area contributed by atoms with Crippen LogP contribution >= 0.6 is 0 Å². The smallest absolute Gasteiger partial charge is 0.322 e. The fourth-order valence-corrected chi connectivity index (χ4v) is 1.97. The number of nitrogens with one attached hydrogen (secondary N) is 4.